The normalized spacial score (nSPS) is 13.6. The van der Waals surface area contributed by atoms with E-state index in [1.165, 1.54) is 7.11 Å². The lowest BCUT2D eigenvalue weighted by Gasteiger charge is -2.03. The van der Waals surface area contributed by atoms with Crippen LogP contribution in [-0.4, -0.2) is 31.1 Å². The molecule has 0 atom stereocenters. The number of hydrogen-bond donors (Lipinski definition) is 2. The Morgan fingerprint density at radius 2 is 2.11 bits per heavy atom. The fourth-order valence-electron chi connectivity index (χ4n) is 2.88. The van der Waals surface area contributed by atoms with Gasteiger partial charge in [0.25, 0.3) is 5.91 Å². The number of methoxy groups -OCH3 is 2. The zero-order chi connectivity index (χ0) is 19.2. The first kappa shape index (κ1) is 18.3. The van der Waals surface area contributed by atoms with Crippen molar-refractivity contribution in [1.29, 1.82) is 0 Å². The van der Waals surface area contributed by atoms with E-state index in [1.807, 2.05) is 18.2 Å². The second-order valence-electron chi connectivity index (χ2n) is 5.93. The Labute approximate surface area is 157 Å². The van der Waals surface area contributed by atoms with Crippen LogP contribution in [0.3, 0.4) is 0 Å². The molecule has 2 aromatic rings. The third-order valence-corrected chi connectivity index (χ3v) is 4.21. The van der Waals surface area contributed by atoms with Crippen molar-refractivity contribution in [3.63, 3.8) is 0 Å². The highest BCUT2D eigenvalue weighted by Gasteiger charge is 2.26. The highest BCUT2D eigenvalue weighted by atomic mass is 16.5. The summed E-state index contributed by atoms with van der Waals surface area (Å²) < 4.78 is 9.91. The highest BCUT2D eigenvalue weighted by molar-refractivity contribution is 6.35. The van der Waals surface area contributed by atoms with Gasteiger partial charge < -0.3 is 19.8 Å². The zero-order valence-corrected chi connectivity index (χ0v) is 15.2. The Morgan fingerprint density at radius 1 is 1.26 bits per heavy atom. The number of benzene rings is 1. The van der Waals surface area contributed by atoms with Gasteiger partial charge in [-0.1, -0.05) is 17.9 Å². The van der Waals surface area contributed by atoms with Gasteiger partial charge in [-0.25, -0.2) is 0 Å². The van der Waals surface area contributed by atoms with Gasteiger partial charge in [0.15, 0.2) is 0 Å². The maximum atomic E-state index is 12.5. The van der Waals surface area contributed by atoms with E-state index in [1.54, 1.807) is 25.4 Å². The Bertz CT molecular complexity index is 960. The van der Waals surface area contributed by atoms with Crippen LogP contribution >= 0.6 is 0 Å². The third kappa shape index (κ3) is 4.04. The van der Waals surface area contributed by atoms with Crippen LogP contribution in [0.4, 0.5) is 5.69 Å². The van der Waals surface area contributed by atoms with Crippen LogP contribution in [0.25, 0.3) is 11.6 Å². The van der Waals surface area contributed by atoms with Crippen LogP contribution in [0, 0.1) is 11.8 Å². The summed E-state index contributed by atoms with van der Waals surface area (Å²) in [6.45, 7) is 0. The maximum absolute atomic E-state index is 12.5. The first-order valence-electron chi connectivity index (χ1n) is 8.57. The van der Waals surface area contributed by atoms with Gasteiger partial charge >= 0.3 is 5.97 Å². The molecule has 2 N–H and O–H groups in total. The minimum Gasteiger partial charge on any atom is -0.495 e. The van der Waals surface area contributed by atoms with Gasteiger partial charge in [-0.3, -0.25) is 9.59 Å². The first-order chi connectivity index (χ1) is 13.1. The molecular weight excluding hydrogens is 344 g/mol. The van der Waals surface area contributed by atoms with Gasteiger partial charge in [-0.05, 0) is 30.7 Å². The van der Waals surface area contributed by atoms with Crippen molar-refractivity contribution in [2.24, 2.45) is 0 Å². The average Bonchev–Trinajstić information content (AvgIpc) is 3.25. The van der Waals surface area contributed by atoms with Gasteiger partial charge in [0.05, 0.1) is 31.2 Å². The largest absolute Gasteiger partial charge is 0.495 e. The summed E-state index contributed by atoms with van der Waals surface area (Å²) in [5.74, 6) is 6.43. The second kappa shape index (κ2) is 8.28. The molecule has 0 unspecified atom stereocenters. The molecule has 0 saturated heterocycles. The van der Waals surface area contributed by atoms with Gasteiger partial charge in [-0.15, -0.1) is 0 Å². The van der Waals surface area contributed by atoms with Crippen molar-refractivity contribution in [3.05, 3.63) is 47.3 Å². The van der Waals surface area contributed by atoms with Crippen LogP contribution in [0.1, 0.15) is 36.1 Å². The van der Waals surface area contributed by atoms with Crippen LogP contribution in [0.2, 0.25) is 0 Å². The Morgan fingerprint density at radius 3 is 2.89 bits per heavy atom. The lowest BCUT2D eigenvalue weighted by molar-refractivity contribution is -0.140. The number of ether oxygens (including phenoxy) is 2. The molecule has 0 radical (unpaired) electrons. The van der Waals surface area contributed by atoms with E-state index in [9.17, 15) is 9.59 Å². The van der Waals surface area contributed by atoms with E-state index in [0.717, 1.165) is 22.5 Å². The quantitative estimate of drug-likeness (QED) is 0.369. The minimum atomic E-state index is -0.239. The maximum Gasteiger partial charge on any atom is 0.305 e. The summed E-state index contributed by atoms with van der Waals surface area (Å²) in [7, 11) is 2.96. The molecule has 0 spiro atoms. The van der Waals surface area contributed by atoms with Crippen molar-refractivity contribution in [2.45, 2.75) is 19.3 Å². The summed E-state index contributed by atoms with van der Waals surface area (Å²) in [5, 5.41) is 2.87. The molecule has 1 aromatic heterocycles. The predicted octanol–water partition coefficient (Wildman–Crippen LogP) is 3.21. The number of aromatic nitrogens is 1. The number of rotatable bonds is 5. The molecule has 1 aliphatic heterocycles. The molecule has 138 valence electrons. The lowest BCUT2D eigenvalue weighted by atomic mass is 9.99. The van der Waals surface area contributed by atoms with Gasteiger partial charge in [-0.2, -0.15) is 0 Å². The molecule has 1 aromatic carbocycles. The molecule has 0 bridgehead atoms. The fraction of sp³-hybridized carbons (Fsp3) is 0.238. The SMILES string of the molecule is COC(=O)CCCC#Cc1cccc2c1/C(=C/c1[nH]ccc1OC)C(=O)N2. The van der Waals surface area contributed by atoms with Gasteiger partial charge in [0, 0.05) is 30.2 Å². The average molecular weight is 364 g/mol. The zero-order valence-electron chi connectivity index (χ0n) is 15.2. The number of unbranched alkanes of at least 4 members (excludes halogenated alkanes) is 1. The Kier molecular flexibility index (Phi) is 5.62. The van der Waals surface area contributed by atoms with Crippen molar-refractivity contribution in [1.82, 2.24) is 4.98 Å². The number of aromatic amines is 1. The lowest BCUT2D eigenvalue weighted by Crippen LogP contribution is -2.03. The first-order valence-corrected chi connectivity index (χ1v) is 8.57. The predicted molar refractivity (Wildman–Crippen MR) is 103 cm³/mol. The van der Waals surface area contributed by atoms with E-state index >= 15 is 0 Å². The number of nitrogens with one attached hydrogen (secondary N) is 2. The molecule has 6 nitrogen and oxygen atoms in total. The molecule has 0 fully saturated rings. The molecule has 0 saturated carbocycles. The molecule has 0 aliphatic carbocycles. The standard InChI is InChI=1S/C21H20N2O4/c1-26-18-11-12-22-17(18)13-15-20-14(7-4-3-5-10-19(24)27-2)8-6-9-16(20)23-21(15)25/h6,8-9,11-13,22H,3,5,10H2,1-2H3,(H,23,25)/b15-13-. The Hall–Kier alpha value is -3.46. The van der Waals surface area contributed by atoms with Crippen molar-refractivity contribution < 1.29 is 19.1 Å². The molecule has 6 heteroatoms. The minimum absolute atomic E-state index is 0.179. The fourth-order valence-corrected chi connectivity index (χ4v) is 2.88. The van der Waals surface area contributed by atoms with Crippen LogP contribution in [0.5, 0.6) is 5.75 Å². The van der Waals surface area contributed by atoms with Crippen molar-refractivity contribution in [2.75, 3.05) is 19.5 Å². The highest BCUT2D eigenvalue weighted by Crippen LogP contribution is 2.36. The summed E-state index contributed by atoms with van der Waals surface area (Å²) in [6, 6.07) is 7.39. The van der Waals surface area contributed by atoms with Gasteiger partial charge in [0.2, 0.25) is 0 Å². The number of carbonyl (C=O) groups excluding carboxylic acids is 2. The van der Waals surface area contributed by atoms with Crippen molar-refractivity contribution in [3.8, 4) is 17.6 Å². The van der Waals surface area contributed by atoms with E-state index in [-0.39, 0.29) is 11.9 Å². The van der Waals surface area contributed by atoms with Crippen LogP contribution in [0.15, 0.2) is 30.5 Å². The topological polar surface area (TPSA) is 80.4 Å². The summed E-state index contributed by atoms with van der Waals surface area (Å²) in [5.41, 5.74) is 3.53. The smallest absolute Gasteiger partial charge is 0.305 e. The third-order valence-electron chi connectivity index (χ3n) is 4.21. The monoisotopic (exact) mass is 364 g/mol. The molecule has 2 heterocycles. The summed E-state index contributed by atoms with van der Waals surface area (Å²) in [6.07, 6.45) is 5.07. The van der Waals surface area contributed by atoms with Crippen LogP contribution < -0.4 is 10.1 Å². The number of amides is 1. The molecule has 1 amide bonds. The summed E-state index contributed by atoms with van der Waals surface area (Å²) >= 11 is 0. The molecule has 27 heavy (non-hydrogen) atoms. The van der Waals surface area contributed by atoms with E-state index in [2.05, 4.69) is 26.9 Å². The number of esters is 1. The van der Waals surface area contributed by atoms with E-state index in [4.69, 9.17) is 4.74 Å². The van der Waals surface area contributed by atoms with E-state index in [0.29, 0.717) is 30.6 Å². The van der Waals surface area contributed by atoms with Gasteiger partial charge in [0.1, 0.15) is 5.75 Å². The Balaban J connectivity index is 1.87. The number of hydrogen-bond acceptors (Lipinski definition) is 4. The van der Waals surface area contributed by atoms with Crippen molar-refractivity contribution >= 4 is 29.2 Å². The number of carbonyl (C=O) groups is 2. The second-order valence-corrected chi connectivity index (χ2v) is 5.93. The summed E-state index contributed by atoms with van der Waals surface area (Å²) in [4.78, 5) is 26.7. The van der Waals surface area contributed by atoms with E-state index < -0.39 is 0 Å². The molecule has 1 aliphatic rings. The number of anilines is 1. The number of fused-ring (bicyclic) bond motifs is 1. The molecular formula is C21H20N2O4. The number of H-pyrrole nitrogens is 1. The van der Waals surface area contributed by atoms with Crippen LogP contribution in [-0.2, 0) is 14.3 Å². The molecule has 3 rings (SSSR count).